The molecule has 0 atom stereocenters. The summed E-state index contributed by atoms with van der Waals surface area (Å²) in [6.45, 7) is 0. The first kappa shape index (κ1) is 14.9. The third kappa shape index (κ3) is 4.86. The van der Waals surface area contributed by atoms with Gasteiger partial charge in [-0.15, -0.1) is 11.8 Å². The summed E-state index contributed by atoms with van der Waals surface area (Å²) in [6, 6.07) is 15.8. The van der Waals surface area contributed by atoms with E-state index in [0.29, 0.717) is 22.8 Å². The van der Waals surface area contributed by atoms with Crippen LogP contribution in [0, 0.1) is 11.3 Å². The molecule has 0 radical (unpaired) electrons. The van der Waals surface area contributed by atoms with Crippen LogP contribution in [0.4, 0.5) is 5.69 Å². The Morgan fingerprint density at radius 1 is 1.24 bits per heavy atom. The number of amides is 1. The highest BCUT2D eigenvalue weighted by Gasteiger charge is 2.03. The van der Waals surface area contributed by atoms with Gasteiger partial charge in [-0.25, -0.2) is 0 Å². The fraction of sp³-hybridized carbons (Fsp3) is 0.125. The number of thioether (sulfide) groups is 1. The number of nitrogens with one attached hydrogen (secondary N) is 1. The largest absolute Gasteiger partial charge is 0.508 e. The monoisotopic (exact) mass is 298 g/mol. The lowest BCUT2D eigenvalue weighted by atomic mass is 10.2. The van der Waals surface area contributed by atoms with E-state index in [9.17, 15) is 9.90 Å². The Hall–Kier alpha value is -2.45. The Kier molecular flexibility index (Phi) is 5.24. The number of anilines is 1. The molecule has 106 valence electrons. The van der Waals surface area contributed by atoms with Gasteiger partial charge in [0.25, 0.3) is 0 Å². The second kappa shape index (κ2) is 7.36. The van der Waals surface area contributed by atoms with Crippen LogP contribution in [0.1, 0.15) is 11.1 Å². The molecule has 0 aliphatic carbocycles. The highest BCUT2D eigenvalue weighted by Crippen LogP contribution is 2.17. The van der Waals surface area contributed by atoms with Crippen molar-refractivity contribution in [2.75, 3.05) is 11.1 Å². The molecule has 0 unspecified atom stereocenters. The first-order chi connectivity index (χ1) is 10.2. The Labute approximate surface area is 127 Å². The van der Waals surface area contributed by atoms with Gasteiger partial charge in [0.05, 0.1) is 17.4 Å². The number of phenolic OH excluding ortho intramolecular Hbond substituents is 1. The molecule has 0 aliphatic rings. The average Bonchev–Trinajstić information content (AvgIpc) is 2.48. The lowest BCUT2D eigenvalue weighted by Gasteiger charge is -2.05. The molecule has 0 saturated heterocycles. The van der Waals surface area contributed by atoms with Crippen LogP contribution in [-0.4, -0.2) is 16.8 Å². The molecule has 5 heteroatoms. The summed E-state index contributed by atoms with van der Waals surface area (Å²) < 4.78 is 0. The van der Waals surface area contributed by atoms with Gasteiger partial charge in [0, 0.05) is 17.5 Å². The molecule has 0 aromatic heterocycles. The normalized spacial score (nSPS) is 9.86. The number of nitriles is 1. The van der Waals surface area contributed by atoms with Crippen molar-refractivity contribution in [2.24, 2.45) is 0 Å². The zero-order valence-corrected chi connectivity index (χ0v) is 12.1. The van der Waals surface area contributed by atoms with E-state index in [0.717, 1.165) is 5.56 Å². The molecule has 2 N–H and O–H groups in total. The Morgan fingerprint density at radius 3 is 2.67 bits per heavy atom. The molecule has 2 rings (SSSR count). The van der Waals surface area contributed by atoms with Crippen molar-refractivity contribution in [1.82, 2.24) is 0 Å². The van der Waals surface area contributed by atoms with Crippen molar-refractivity contribution in [3.05, 3.63) is 59.7 Å². The average molecular weight is 298 g/mol. The van der Waals surface area contributed by atoms with Crippen LogP contribution in [0.3, 0.4) is 0 Å². The van der Waals surface area contributed by atoms with Crippen LogP contribution < -0.4 is 5.32 Å². The van der Waals surface area contributed by atoms with Gasteiger partial charge in [-0.3, -0.25) is 4.79 Å². The molecule has 0 heterocycles. The van der Waals surface area contributed by atoms with Crippen molar-refractivity contribution in [2.45, 2.75) is 5.75 Å². The van der Waals surface area contributed by atoms with E-state index in [2.05, 4.69) is 11.4 Å². The fourth-order valence-electron chi connectivity index (χ4n) is 1.72. The molecule has 0 spiro atoms. The quantitative estimate of drug-likeness (QED) is 0.889. The van der Waals surface area contributed by atoms with Crippen LogP contribution in [0.25, 0.3) is 0 Å². The maximum absolute atomic E-state index is 11.8. The molecule has 1 amide bonds. The summed E-state index contributed by atoms with van der Waals surface area (Å²) >= 11 is 1.49. The molecular weight excluding hydrogens is 284 g/mol. The summed E-state index contributed by atoms with van der Waals surface area (Å²) in [4.78, 5) is 11.8. The van der Waals surface area contributed by atoms with Crippen LogP contribution in [0.2, 0.25) is 0 Å². The van der Waals surface area contributed by atoms with Crippen molar-refractivity contribution in [3.63, 3.8) is 0 Å². The number of benzene rings is 2. The Bertz CT molecular complexity index is 663. The van der Waals surface area contributed by atoms with E-state index in [1.54, 1.807) is 30.3 Å². The van der Waals surface area contributed by atoms with Crippen LogP contribution in [-0.2, 0) is 10.5 Å². The Balaban J connectivity index is 1.77. The summed E-state index contributed by atoms with van der Waals surface area (Å²) in [5, 5.41) is 20.7. The molecule has 0 saturated carbocycles. The number of hydrogen-bond donors (Lipinski definition) is 2. The zero-order valence-electron chi connectivity index (χ0n) is 11.2. The second-order valence-corrected chi connectivity index (χ2v) is 5.39. The molecule has 2 aromatic rings. The highest BCUT2D eigenvalue weighted by atomic mass is 32.2. The number of nitrogens with zero attached hydrogens (tertiary/aromatic N) is 1. The van der Waals surface area contributed by atoms with Gasteiger partial charge in [0.15, 0.2) is 0 Å². The van der Waals surface area contributed by atoms with Gasteiger partial charge in [-0.05, 0) is 29.8 Å². The predicted molar refractivity (Wildman–Crippen MR) is 84.1 cm³/mol. The predicted octanol–water partition coefficient (Wildman–Crippen LogP) is 3.14. The van der Waals surface area contributed by atoms with E-state index in [1.165, 1.54) is 17.8 Å². The Morgan fingerprint density at radius 2 is 2.00 bits per heavy atom. The zero-order chi connectivity index (χ0) is 15.1. The number of carbonyl (C=O) groups excluding carboxylic acids is 1. The van der Waals surface area contributed by atoms with Crippen LogP contribution in [0.5, 0.6) is 5.75 Å². The lowest BCUT2D eigenvalue weighted by molar-refractivity contribution is -0.113. The van der Waals surface area contributed by atoms with Gasteiger partial charge in [-0.1, -0.05) is 18.2 Å². The first-order valence-electron chi connectivity index (χ1n) is 6.33. The van der Waals surface area contributed by atoms with Gasteiger partial charge >= 0.3 is 0 Å². The topological polar surface area (TPSA) is 73.1 Å². The van der Waals surface area contributed by atoms with Gasteiger partial charge in [0.2, 0.25) is 5.91 Å². The molecule has 21 heavy (non-hydrogen) atoms. The lowest BCUT2D eigenvalue weighted by Crippen LogP contribution is -2.14. The second-order valence-electron chi connectivity index (χ2n) is 4.40. The number of phenols is 1. The minimum Gasteiger partial charge on any atom is -0.508 e. The first-order valence-corrected chi connectivity index (χ1v) is 7.48. The van der Waals surface area contributed by atoms with E-state index in [-0.39, 0.29) is 11.7 Å². The number of aromatic hydroxyl groups is 1. The summed E-state index contributed by atoms with van der Waals surface area (Å²) in [6.07, 6.45) is 0. The van der Waals surface area contributed by atoms with E-state index in [1.807, 2.05) is 12.1 Å². The molecular formula is C16H14N2O2S. The van der Waals surface area contributed by atoms with Gasteiger partial charge < -0.3 is 10.4 Å². The van der Waals surface area contributed by atoms with Gasteiger partial charge in [0.1, 0.15) is 5.75 Å². The maximum atomic E-state index is 11.8. The molecule has 4 nitrogen and oxygen atoms in total. The summed E-state index contributed by atoms with van der Waals surface area (Å²) in [5.41, 5.74) is 2.29. The maximum Gasteiger partial charge on any atom is 0.234 e. The van der Waals surface area contributed by atoms with Gasteiger partial charge in [-0.2, -0.15) is 5.26 Å². The number of carbonyl (C=O) groups is 1. The highest BCUT2D eigenvalue weighted by molar-refractivity contribution is 7.99. The van der Waals surface area contributed by atoms with Crippen molar-refractivity contribution in [3.8, 4) is 11.8 Å². The minimum atomic E-state index is -0.112. The molecule has 0 aliphatic heterocycles. The number of rotatable bonds is 5. The van der Waals surface area contributed by atoms with E-state index < -0.39 is 0 Å². The molecule has 2 aromatic carbocycles. The van der Waals surface area contributed by atoms with Crippen molar-refractivity contribution < 1.29 is 9.90 Å². The molecule has 0 fully saturated rings. The standard InChI is InChI=1S/C16H14N2O2S/c17-9-12-4-6-13(7-5-12)10-21-11-16(20)18-14-2-1-3-15(19)8-14/h1-8,19H,10-11H2,(H,18,20). The summed E-state index contributed by atoms with van der Waals surface area (Å²) in [7, 11) is 0. The molecule has 0 bridgehead atoms. The number of hydrogen-bond acceptors (Lipinski definition) is 4. The van der Waals surface area contributed by atoms with E-state index in [4.69, 9.17) is 5.26 Å². The van der Waals surface area contributed by atoms with Crippen LogP contribution >= 0.6 is 11.8 Å². The third-order valence-corrected chi connectivity index (χ3v) is 3.72. The summed E-state index contributed by atoms with van der Waals surface area (Å²) in [5.74, 6) is 1.05. The smallest absolute Gasteiger partial charge is 0.234 e. The van der Waals surface area contributed by atoms with Crippen molar-refractivity contribution >= 4 is 23.4 Å². The van der Waals surface area contributed by atoms with Crippen LogP contribution in [0.15, 0.2) is 48.5 Å². The minimum absolute atomic E-state index is 0.112. The van der Waals surface area contributed by atoms with Crippen molar-refractivity contribution in [1.29, 1.82) is 5.26 Å². The van der Waals surface area contributed by atoms with E-state index >= 15 is 0 Å². The third-order valence-electron chi connectivity index (χ3n) is 2.71. The SMILES string of the molecule is N#Cc1ccc(CSCC(=O)Nc2cccc(O)c2)cc1. The fourth-order valence-corrected chi connectivity index (χ4v) is 2.51.